The lowest BCUT2D eigenvalue weighted by atomic mass is 10.1. The molecule has 0 aliphatic carbocycles. The minimum Gasteiger partial charge on any atom is -0.481 e. The van der Waals surface area contributed by atoms with Crippen molar-refractivity contribution in [3.8, 4) is 6.07 Å². The maximum absolute atomic E-state index is 12.1. The van der Waals surface area contributed by atoms with E-state index in [-0.39, 0.29) is 22.0 Å². The van der Waals surface area contributed by atoms with Crippen LogP contribution in [0.5, 0.6) is 0 Å². The van der Waals surface area contributed by atoms with Gasteiger partial charge in [0.05, 0.1) is 21.4 Å². The van der Waals surface area contributed by atoms with Gasteiger partial charge in [-0.15, -0.1) is 0 Å². The third-order valence-corrected chi connectivity index (χ3v) is 4.61. The van der Waals surface area contributed by atoms with Crippen LogP contribution in [0.25, 0.3) is 0 Å². The highest BCUT2D eigenvalue weighted by atomic mass is 35.5. The molecule has 8 heteroatoms. The van der Waals surface area contributed by atoms with Crippen molar-refractivity contribution in [1.29, 1.82) is 5.26 Å². The Morgan fingerprint density at radius 1 is 1.52 bits per heavy atom. The molecule has 0 radical (unpaired) electrons. The van der Waals surface area contributed by atoms with Crippen LogP contribution in [0.4, 0.5) is 0 Å². The van der Waals surface area contributed by atoms with E-state index in [1.54, 1.807) is 0 Å². The lowest BCUT2D eigenvalue weighted by molar-refractivity contribution is -0.141. The van der Waals surface area contributed by atoms with Crippen molar-refractivity contribution < 1.29 is 18.3 Å². The molecule has 2 N–H and O–H groups in total. The zero-order chi connectivity index (χ0) is 16.0. The first kappa shape index (κ1) is 17.4. The number of nitrogens with one attached hydrogen (secondary N) is 1. The van der Waals surface area contributed by atoms with Crippen molar-refractivity contribution in [2.45, 2.75) is 24.7 Å². The number of hydrogen-bond acceptors (Lipinski definition) is 4. The van der Waals surface area contributed by atoms with Gasteiger partial charge in [-0.2, -0.15) is 5.26 Å². The second-order valence-corrected chi connectivity index (χ2v) is 6.60. The predicted octanol–water partition coefficient (Wildman–Crippen LogP) is 1.99. The third-order valence-electron chi connectivity index (χ3n) is 2.88. The number of halogens is 1. The smallest absolute Gasteiger partial charge is 0.307 e. The van der Waals surface area contributed by atoms with E-state index in [4.69, 9.17) is 22.0 Å². The van der Waals surface area contributed by atoms with Gasteiger partial charge in [-0.25, -0.2) is 13.1 Å². The average molecular weight is 331 g/mol. The number of sulfonamides is 1. The highest BCUT2D eigenvalue weighted by molar-refractivity contribution is 7.89. The molecule has 21 heavy (non-hydrogen) atoms. The Morgan fingerprint density at radius 3 is 2.67 bits per heavy atom. The molecule has 1 unspecified atom stereocenters. The molecule has 0 bridgehead atoms. The largest absolute Gasteiger partial charge is 0.481 e. The van der Waals surface area contributed by atoms with Crippen LogP contribution in [-0.4, -0.2) is 26.0 Å². The van der Waals surface area contributed by atoms with Gasteiger partial charge in [0.1, 0.15) is 6.07 Å². The van der Waals surface area contributed by atoms with E-state index in [0.29, 0.717) is 12.8 Å². The normalized spacial score (nSPS) is 12.6. The number of carbonyl (C=O) groups is 1. The summed E-state index contributed by atoms with van der Waals surface area (Å²) in [5.74, 6) is -1.82. The van der Waals surface area contributed by atoms with Gasteiger partial charge in [-0.1, -0.05) is 24.9 Å². The summed E-state index contributed by atoms with van der Waals surface area (Å²) in [7, 11) is -3.86. The quantitative estimate of drug-likeness (QED) is 0.795. The molecule has 0 saturated heterocycles. The molecular weight excluding hydrogens is 316 g/mol. The zero-order valence-corrected chi connectivity index (χ0v) is 12.9. The molecule has 0 aromatic heterocycles. The van der Waals surface area contributed by atoms with Crippen LogP contribution < -0.4 is 4.72 Å². The van der Waals surface area contributed by atoms with Gasteiger partial charge < -0.3 is 5.11 Å². The number of benzene rings is 1. The molecule has 0 spiro atoms. The molecule has 0 aliphatic rings. The minimum atomic E-state index is -3.86. The monoisotopic (exact) mass is 330 g/mol. The SMILES string of the molecule is CCCC(CNS(=O)(=O)c1ccc(C#N)c(Cl)c1)C(=O)O. The van der Waals surface area contributed by atoms with E-state index < -0.39 is 21.9 Å². The highest BCUT2D eigenvalue weighted by Gasteiger charge is 2.21. The van der Waals surface area contributed by atoms with E-state index in [2.05, 4.69) is 4.72 Å². The van der Waals surface area contributed by atoms with Crippen LogP contribution in [0.1, 0.15) is 25.3 Å². The van der Waals surface area contributed by atoms with Gasteiger partial charge in [-0.3, -0.25) is 4.79 Å². The molecule has 1 atom stereocenters. The van der Waals surface area contributed by atoms with Crippen LogP contribution in [0, 0.1) is 17.2 Å². The van der Waals surface area contributed by atoms with E-state index in [1.807, 2.05) is 13.0 Å². The molecule has 0 heterocycles. The summed E-state index contributed by atoms with van der Waals surface area (Å²) in [6, 6.07) is 5.55. The molecule has 0 amide bonds. The first-order valence-corrected chi connectivity index (χ1v) is 8.10. The number of hydrogen-bond donors (Lipinski definition) is 2. The molecule has 0 fully saturated rings. The fraction of sp³-hybridized carbons (Fsp3) is 0.385. The van der Waals surface area contributed by atoms with Gasteiger partial charge in [0.15, 0.2) is 0 Å². The first-order valence-electron chi connectivity index (χ1n) is 6.24. The second-order valence-electron chi connectivity index (χ2n) is 4.43. The van der Waals surface area contributed by atoms with Gasteiger partial charge in [-0.05, 0) is 24.6 Å². The fourth-order valence-electron chi connectivity index (χ4n) is 1.71. The molecule has 114 valence electrons. The minimum absolute atomic E-state index is 0.0312. The summed E-state index contributed by atoms with van der Waals surface area (Å²) in [4.78, 5) is 10.9. The van der Waals surface area contributed by atoms with E-state index >= 15 is 0 Å². The van der Waals surface area contributed by atoms with Crippen molar-refractivity contribution >= 4 is 27.6 Å². The summed E-state index contributed by atoms with van der Waals surface area (Å²) in [6.07, 6.45) is 1.02. The predicted molar refractivity (Wildman–Crippen MR) is 77.4 cm³/mol. The molecule has 0 aliphatic heterocycles. The van der Waals surface area contributed by atoms with E-state index in [0.717, 1.165) is 6.07 Å². The summed E-state index contributed by atoms with van der Waals surface area (Å²) in [5.41, 5.74) is 0.171. The summed E-state index contributed by atoms with van der Waals surface area (Å²) < 4.78 is 26.4. The Hall–Kier alpha value is -1.62. The first-order chi connectivity index (χ1) is 9.81. The van der Waals surface area contributed by atoms with Crippen LogP contribution in [0.15, 0.2) is 23.1 Å². The third kappa shape index (κ3) is 4.70. The van der Waals surface area contributed by atoms with Crippen LogP contribution in [0.3, 0.4) is 0 Å². The molecule has 1 aromatic carbocycles. The topological polar surface area (TPSA) is 107 Å². The van der Waals surface area contributed by atoms with Crippen molar-refractivity contribution in [2.24, 2.45) is 5.92 Å². The standard InChI is InChI=1S/C13H15ClN2O4S/c1-2-3-10(13(17)18)8-16-21(19,20)11-5-4-9(7-15)12(14)6-11/h4-6,10,16H,2-3,8H2,1H3,(H,17,18). The van der Waals surface area contributed by atoms with E-state index in [1.165, 1.54) is 12.1 Å². The van der Waals surface area contributed by atoms with Crippen molar-refractivity contribution in [3.63, 3.8) is 0 Å². The summed E-state index contributed by atoms with van der Waals surface area (Å²) >= 11 is 5.79. The van der Waals surface area contributed by atoms with Crippen molar-refractivity contribution in [1.82, 2.24) is 4.72 Å². The molecule has 0 saturated carbocycles. The number of aliphatic carboxylic acids is 1. The van der Waals surface area contributed by atoms with Crippen molar-refractivity contribution in [3.05, 3.63) is 28.8 Å². The number of carboxylic acid groups (broad SMARTS) is 1. The molecular formula is C13H15ClN2O4S. The Morgan fingerprint density at radius 2 is 2.19 bits per heavy atom. The van der Waals surface area contributed by atoms with Crippen LogP contribution >= 0.6 is 11.6 Å². The lowest BCUT2D eigenvalue weighted by Gasteiger charge is -2.13. The second kappa shape index (κ2) is 7.41. The molecule has 6 nitrogen and oxygen atoms in total. The molecule has 1 rings (SSSR count). The van der Waals surface area contributed by atoms with Gasteiger partial charge in [0, 0.05) is 6.54 Å². The van der Waals surface area contributed by atoms with Gasteiger partial charge in [0.25, 0.3) is 0 Å². The van der Waals surface area contributed by atoms with E-state index in [9.17, 15) is 13.2 Å². The Labute approximate surface area is 128 Å². The lowest BCUT2D eigenvalue weighted by Crippen LogP contribution is -2.33. The fourth-order valence-corrected chi connectivity index (χ4v) is 3.10. The van der Waals surface area contributed by atoms with Gasteiger partial charge >= 0.3 is 5.97 Å². The average Bonchev–Trinajstić information content (AvgIpc) is 2.43. The zero-order valence-electron chi connectivity index (χ0n) is 11.3. The van der Waals surface area contributed by atoms with Crippen molar-refractivity contribution in [2.75, 3.05) is 6.54 Å². The number of carboxylic acids is 1. The number of nitriles is 1. The van der Waals surface area contributed by atoms with Gasteiger partial charge in [0.2, 0.25) is 10.0 Å². The maximum atomic E-state index is 12.1. The Bertz CT molecular complexity index is 667. The highest BCUT2D eigenvalue weighted by Crippen LogP contribution is 2.20. The Balaban J connectivity index is 2.89. The van der Waals surface area contributed by atoms with Crippen LogP contribution in [-0.2, 0) is 14.8 Å². The number of nitrogens with zero attached hydrogens (tertiary/aromatic N) is 1. The van der Waals surface area contributed by atoms with Crippen LogP contribution in [0.2, 0.25) is 5.02 Å². The number of rotatable bonds is 7. The summed E-state index contributed by atoms with van der Waals surface area (Å²) in [5, 5.41) is 17.8. The molecule has 1 aromatic rings. The maximum Gasteiger partial charge on any atom is 0.307 e. The Kier molecular flexibility index (Phi) is 6.15. The summed E-state index contributed by atoms with van der Waals surface area (Å²) in [6.45, 7) is 1.63.